The third-order valence-electron chi connectivity index (χ3n) is 3.22. The molecule has 0 amide bonds. The lowest BCUT2D eigenvalue weighted by Crippen LogP contribution is -2.47. The van der Waals surface area contributed by atoms with Gasteiger partial charge in [-0.2, -0.15) is 0 Å². The Morgan fingerprint density at radius 3 is 2.78 bits per heavy atom. The van der Waals surface area contributed by atoms with Crippen molar-refractivity contribution in [3.63, 3.8) is 0 Å². The highest BCUT2D eigenvalue weighted by molar-refractivity contribution is 6.31. The Balaban J connectivity index is 0.00000162. The highest BCUT2D eigenvalue weighted by Gasteiger charge is 2.25. The fraction of sp³-hybridized carbons (Fsp3) is 0.571. The predicted octanol–water partition coefficient (Wildman–Crippen LogP) is 3.36. The van der Waals surface area contributed by atoms with Gasteiger partial charge in [-0.05, 0) is 17.5 Å². The molecule has 1 aromatic carbocycles. The summed E-state index contributed by atoms with van der Waals surface area (Å²) < 4.78 is 0. The molecule has 0 bridgehead atoms. The highest BCUT2D eigenvalue weighted by atomic mass is 35.5. The zero-order chi connectivity index (χ0) is 12.3. The molecular weight excluding hydrogens is 267 g/mol. The van der Waals surface area contributed by atoms with E-state index in [1.165, 1.54) is 5.56 Å². The monoisotopic (exact) mass is 288 g/mol. The van der Waals surface area contributed by atoms with Gasteiger partial charge >= 0.3 is 0 Å². The number of halogens is 2. The first-order valence-electron chi connectivity index (χ1n) is 6.37. The summed E-state index contributed by atoms with van der Waals surface area (Å²) in [6, 6.07) is 8.62. The molecule has 1 N–H and O–H groups in total. The Bertz CT molecular complexity index is 369. The minimum Gasteiger partial charge on any atom is -0.314 e. The largest absolute Gasteiger partial charge is 0.314 e. The van der Waals surface area contributed by atoms with Crippen molar-refractivity contribution >= 4 is 24.0 Å². The van der Waals surface area contributed by atoms with E-state index < -0.39 is 0 Å². The second-order valence-corrected chi connectivity index (χ2v) is 5.54. The number of nitrogens with zero attached hydrogens (tertiary/aromatic N) is 1. The van der Waals surface area contributed by atoms with Crippen LogP contribution in [0.4, 0.5) is 0 Å². The summed E-state index contributed by atoms with van der Waals surface area (Å²) in [5.74, 6) is 0.693. The van der Waals surface area contributed by atoms with Gasteiger partial charge in [0, 0.05) is 37.2 Å². The van der Waals surface area contributed by atoms with Gasteiger partial charge in [0.25, 0.3) is 0 Å². The summed E-state index contributed by atoms with van der Waals surface area (Å²) >= 11 is 6.30. The van der Waals surface area contributed by atoms with Gasteiger partial charge in [-0.25, -0.2) is 0 Å². The third-order valence-corrected chi connectivity index (χ3v) is 3.56. The van der Waals surface area contributed by atoms with Gasteiger partial charge in [0.15, 0.2) is 0 Å². The zero-order valence-electron chi connectivity index (χ0n) is 11.0. The molecule has 2 nitrogen and oxygen atoms in total. The van der Waals surface area contributed by atoms with Gasteiger partial charge in [0.1, 0.15) is 0 Å². The zero-order valence-corrected chi connectivity index (χ0v) is 12.6. The molecule has 0 saturated carbocycles. The van der Waals surface area contributed by atoms with Crippen molar-refractivity contribution in [2.24, 2.45) is 5.92 Å². The smallest absolute Gasteiger partial charge is 0.0488 e. The van der Waals surface area contributed by atoms with Crippen molar-refractivity contribution in [1.82, 2.24) is 10.2 Å². The second kappa shape index (κ2) is 7.34. The normalized spacial score (nSPS) is 20.8. The maximum absolute atomic E-state index is 6.30. The maximum Gasteiger partial charge on any atom is 0.0488 e. The molecule has 1 unspecified atom stereocenters. The van der Waals surface area contributed by atoms with Crippen molar-refractivity contribution in [3.8, 4) is 0 Å². The van der Waals surface area contributed by atoms with Crippen LogP contribution >= 0.6 is 24.0 Å². The number of piperazine rings is 1. The summed E-state index contributed by atoms with van der Waals surface area (Å²) in [7, 11) is 0. The van der Waals surface area contributed by atoms with E-state index in [-0.39, 0.29) is 12.4 Å². The first-order chi connectivity index (χ1) is 8.18. The van der Waals surface area contributed by atoms with Crippen LogP contribution in [0.2, 0.25) is 5.02 Å². The summed E-state index contributed by atoms with van der Waals surface area (Å²) in [6.45, 7) is 8.85. The van der Waals surface area contributed by atoms with Crippen molar-refractivity contribution in [2.45, 2.75) is 19.9 Å². The molecule has 102 valence electrons. The molecule has 1 heterocycles. The number of nitrogens with one attached hydrogen (secondary N) is 1. The van der Waals surface area contributed by atoms with Crippen LogP contribution in [0.1, 0.15) is 25.5 Å². The number of hydrogen-bond donors (Lipinski definition) is 1. The summed E-state index contributed by atoms with van der Waals surface area (Å²) in [5.41, 5.74) is 1.25. The van der Waals surface area contributed by atoms with Crippen molar-refractivity contribution in [2.75, 3.05) is 26.2 Å². The second-order valence-electron chi connectivity index (χ2n) is 5.13. The van der Waals surface area contributed by atoms with Crippen LogP contribution in [0.5, 0.6) is 0 Å². The van der Waals surface area contributed by atoms with Crippen LogP contribution in [0.25, 0.3) is 0 Å². The predicted molar refractivity (Wildman–Crippen MR) is 80.7 cm³/mol. The quantitative estimate of drug-likeness (QED) is 0.918. The molecule has 4 heteroatoms. The fourth-order valence-corrected chi connectivity index (χ4v) is 2.75. The molecule has 18 heavy (non-hydrogen) atoms. The average molecular weight is 289 g/mol. The molecule has 0 spiro atoms. The molecule has 0 aliphatic carbocycles. The van der Waals surface area contributed by atoms with E-state index >= 15 is 0 Å². The lowest BCUT2D eigenvalue weighted by molar-refractivity contribution is 0.145. The molecular formula is C14H22Cl2N2. The Hall–Kier alpha value is -0.280. The van der Waals surface area contributed by atoms with E-state index in [0.29, 0.717) is 12.0 Å². The molecule has 0 aromatic heterocycles. The average Bonchev–Trinajstić information content (AvgIpc) is 2.30. The van der Waals surface area contributed by atoms with Crippen LogP contribution < -0.4 is 5.32 Å². The summed E-state index contributed by atoms with van der Waals surface area (Å²) in [5, 5.41) is 4.35. The van der Waals surface area contributed by atoms with Crippen molar-refractivity contribution < 1.29 is 0 Å². The highest BCUT2D eigenvalue weighted by Crippen LogP contribution is 2.28. The first kappa shape index (κ1) is 15.8. The molecule has 2 rings (SSSR count). The minimum absolute atomic E-state index is 0. The number of rotatable bonds is 3. The first-order valence-corrected chi connectivity index (χ1v) is 6.75. The Labute approximate surface area is 121 Å². The van der Waals surface area contributed by atoms with Crippen molar-refractivity contribution in [3.05, 3.63) is 34.9 Å². The fourth-order valence-electron chi connectivity index (χ4n) is 2.49. The molecule has 1 aliphatic heterocycles. The van der Waals surface area contributed by atoms with Gasteiger partial charge in [0.05, 0.1) is 0 Å². The van der Waals surface area contributed by atoms with E-state index in [1.807, 2.05) is 12.1 Å². The number of benzene rings is 1. The molecule has 1 saturated heterocycles. The Morgan fingerprint density at radius 2 is 2.11 bits per heavy atom. The Kier molecular flexibility index (Phi) is 6.44. The lowest BCUT2D eigenvalue weighted by Gasteiger charge is -2.37. The van der Waals surface area contributed by atoms with E-state index in [2.05, 4.69) is 36.2 Å². The van der Waals surface area contributed by atoms with Gasteiger partial charge in [-0.15, -0.1) is 12.4 Å². The van der Waals surface area contributed by atoms with Crippen molar-refractivity contribution in [1.29, 1.82) is 0 Å². The third kappa shape index (κ3) is 3.86. The lowest BCUT2D eigenvalue weighted by atomic mass is 10.0. The maximum atomic E-state index is 6.30. The topological polar surface area (TPSA) is 15.3 Å². The van der Waals surface area contributed by atoms with Gasteiger partial charge in [-0.3, -0.25) is 4.90 Å². The van der Waals surface area contributed by atoms with Crippen LogP contribution in [-0.2, 0) is 0 Å². The van der Waals surface area contributed by atoms with Gasteiger partial charge in [0.2, 0.25) is 0 Å². The standard InChI is InChI=1S/C14H21ClN2.ClH/c1-11(2)10-17-8-7-16-9-14(17)12-5-3-4-6-13(12)15;/h3-6,11,14,16H,7-10H2,1-2H3;1H. The van der Waals surface area contributed by atoms with Gasteiger partial charge < -0.3 is 5.32 Å². The van der Waals surface area contributed by atoms with Gasteiger partial charge in [-0.1, -0.05) is 43.6 Å². The molecule has 1 aromatic rings. The van der Waals surface area contributed by atoms with E-state index in [1.54, 1.807) is 0 Å². The van der Waals surface area contributed by atoms with Crippen LogP contribution in [0.15, 0.2) is 24.3 Å². The molecule has 0 radical (unpaired) electrons. The minimum atomic E-state index is 0. The molecule has 1 aliphatic rings. The SMILES string of the molecule is CC(C)CN1CCNCC1c1ccccc1Cl.Cl. The number of hydrogen-bond acceptors (Lipinski definition) is 2. The molecule has 1 atom stereocenters. The molecule has 1 fully saturated rings. The summed E-state index contributed by atoms with van der Waals surface area (Å²) in [6.07, 6.45) is 0. The Morgan fingerprint density at radius 1 is 1.39 bits per heavy atom. The van der Waals surface area contributed by atoms with Crippen LogP contribution in [0, 0.1) is 5.92 Å². The van der Waals surface area contributed by atoms with E-state index in [0.717, 1.165) is 31.2 Å². The van der Waals surface area contributed by atoms with Crippen LogP contribution in [-0.4, -0.2) is 31.1 Å². The van der Waals surface area contributed by atoms with Crippen LogP contribution in [0.3, 0.4) is 0 Å². The van der Waals surface area contributed by atoms with E-state index in [9.17, 15) is 0 Å². The van der Waals surface area contributed by atoms with E-state index in [4.69, 9.17) is 11.6 Å². The summed E-state index contributed by atoms with van der Waals surface area (Å²) in [4.78, 5) is 2.54.